The molecule has 0 bridgehead atoms. The number of nitrogens with zero attached hydrogens (tertiary/aromatic N) is 3. The monoisotopic (exact) mass is 406 g/mol. The molecule has 0 fully saturated rings. The van der Waals surface area contributed by atoms with E-state index in [9.17, 15) is 9.59 Å². The van der Waals surface area contributed by atoms with Crippen LogP contribution in [0.25, 0.3) is 22.1 Å². The van der Waals surface area contributed by atoms with Crippen molar-refractivity contribution in [1.29, 1.82) is 0 Å². The number of carbonyl (C=O) groups excluding carboxylic acids is 2. The van der Waals surface area contributed by atoms with Gasteiger partial charge in [-0.3, -0.25) is 10.1 Å². The second kappa shape index (κ2) is 8.27. The number of imide groups is 1. The lowest BCUT2D eigenvalue weighted by Gasteiger charge is -2.15. The molecule has 146 valence electrons. The number of fused-ring (bicyclic) bond motifs is 3. The fourth-order valence-corrected chi connectivity index (χ4v) is 3.85. The Morgan fingerprint density at radius 3 is 2.62 bits per heavy atom. The van der Waals surface area contributed by atoms with Gasteiger partial charge in [0, 0.05) is 17.4 Å². The molecule has 3 N–H and O–H groups in total. The van der Waals surface area contributed by atoms with Crippen molar-refractivity contribution in [3.8, 4) is 0 Å². The highest BCUT2D eigenvalue weighted by molar-refractivity contribution is 8.00. The van der Waals surface area contributed by atoms with Gasteiger partial charge in [-0.05, 0) is 18.6 Å². The van der Waals surface area contributed by atoms with Crippen molar-refractivity contribution >= 4 is 45.8 Å². The molecule has 3 amide bonds. The molecule has 4 aromatic rings. The summed E-state index contributed by atoms with van der Waals surface area (Å²) in [4.78, 5) is 32.3. The number of amides is 3. The molecule has 8 nitrogen and oxygen atoms in total. The van der Waals surface area contributed by atoms with Crippen LogP contribution in [0.2, 0.25) is 0 Å². The van der Waals surface area contributed by atoms with E-state index < -0.39 is 17.2 Å². The lowest BCUT2D eigenvalue weighted by Crippen LogP contribution is -2.41. The van der Waals surface area contributed by atoms with Crippen LogP contribution in [-0.2, 0) is 4.79 Å². The van der Waals surface area contributed by atoms with E-state index in [0.717, 1.165) is 28.2 Å². The molecule has 0 unspecified atom stereocenters. The van der Waals surface area contributed by atoms with Crippen molar-refractivity contribution in [2.45, 2.75) is 17.3 Å². The third kappa shape index (κ3) is 4.04. The average Bonchev–Trinajstić information content (AvgIpc) is 3.10. The topological polar surface area (TPSA) is 113 Å². The largest absolute Gasteiger partial charge is 0.338 e. The van der Waals surface area contributed by atoms with Gasteiger partial charge in [0.05, 0.1) is 0 Å². The van der Waals surface area contributed by atoms with Gasteiger partial charge in [-0.2, -0.15) is 0 Å². The number of benzene rings is 2. The van der Waals surface area contributed by atoms with Crippen LogP contribution >= 0.6 is 11.8 Å². The van der Waals surface area contributed by atoms with Crippen LogP contribution in [0.3, 0.4) is 0 Å². The van der Waals surface area contributed by atoms with E-state index in [-0.39, 0.29) is 0 Å². The Labute approximate surface area is 170 Å². The van der Waals surface area contributed by atoms with Crippen LogP contribution in [-0.4, -0.2) is 38.6 Å². The number of aromatic amines is 1. The lowest BCUT2D eigenvalue weighted by molar-refractivity contribution is -0.119. The molecule has 2 aromatic carbocycles. The smallest absolute Gasteiger partial charge is 0.321 e. The molecule has 4 rings (SSSR count). The molecule has 29 heavy (non-hydrogen) atoms. The number of nitrogens with one attached hydrogen (secondary N) is 3. The Morgan fingerprint density at radius 1 is 1.07 bits per heavy atom. The number of thioether (sulfide) groups is 1. The first-order valence-electron chi connectivity index (χ1n) is 9.07. The second-order valence-electron chi connectivity index (χ2n) is 6.22. The summed E-state index contributed by atoms with van der Waals surface area (Å²) in [6.07, 6.45) is 0. The third-order valence-corrected chi connectivity index (χ3v) is 5.35. The van der Waals surface area contributed by atoms with Crippen molar-refractivity contribution in [3.05, 3.63) is 60.2 Å². The van der Waals surface area contributed by atoms with Crippen molar-refractivity contribution in [2.75, 3.05) is 6.54 Å². The summed E-state index contributed by atoms with van der Waals surface area (Å²) in [6.45, 7) is 2.20. The van der Waals surface area contributed by atoms with Crippen LogP contribution < -0.4 is 10.6 Å². The summed E-state index contributed by atoms with van der Waals surface area (Å²) in [7, 11) is 0. The summed E-state index contributed by atoms with van der Waals surface area (Å²) >= 11 is 1.14. The maximum absolute atomic E-state index is 12.8. The molecule has 0 radical (unpaired) electrons. The molecule has 0 aliphatic rings. The Balaban J connectivity index is 1.65. The van der Waals surface area contributed by atoms with Gasteiger partial charge in [0.25, 0.3) is 0 Å². The normalized spacial score (nSPS) is 12.0. The summed E-state index contributed by atoms with van der Waals surface area (Å²) in [5.41, 5.74) is 2.92. The molecule has 0 saturated heterocycles. The first kappa shape index (κ1) is 18.9. The molecule has 1 atom stereocenters. The van der Waals surface area contributed by atoms with E-state index in [1.54, 1.807) is 6.92 Å². The highest BCUT2D eigenvalue weighted by Crippen LogP contribution is 2.34. The van der Waals surface area contributed by atoms with Crippen LogP contribution in [0.15, 0.2) is 59.8 Å². The van der Waals surface area contributed by atoms with Gasteiger partial charge in [-0.15, -0.1) is 10.2 Å². The maximum atomic E-state index is 12.8. The van der Waals surface area contributed by atoms with Crippen molar-refractivity contribution in [3.63, 3.8) is 0 Å². The Kier molecular flexibility index (Phi) is 5.39. The maximum Gasteiger partial charge on any atom is 0.321 e. The Bertz CT molecular complexity index is 1180. The molecule has 0 saturated carbocycles. The fourth-order valence-electron chi connectivity index (χ4n) is 2.94. The highest BCUT2D eigenvalue weighted by Gasteiger charge is 2.25. The van der Waals surface area contributed by atoms with Crippen LogP contribution in [0.1, 0.15) is 17.7 Å². The van der Waals surface area contributed by atoms with Gasteiger partial charge >= 0.3 is 6.03 Å². The average molecular weight is 406 g/mol. The molecule has 0 spiro atoms. The summed E-state index contributed by atoms with van der Waals surface area (Å²) in [5, 5.41) is 14.0. The number of H-pyrrole nitrogens is 1. The molecule has 0 aliphatic heterocycles. The molecular formula is C20H18N6O2S. The number of hydrogen-bond acceptors (Lipinski definition) is 6. The number of urea groups is 1. The minimum Gasteiger partial charge on any atom is -0.338 e. The van der Waals surface area contributed by atoms with E-state index in [1.807, 2.05) is 54.6 Å². The second-order valence-corrected chi connectivity index (χ2v) is 7.29. The van der Waals surface area contributed by atoms with E-state index in [4.69, 9.17) is 0 Å². The zero-order valence-corrected chi connectivity index (χ0v) is 16.4. The zero-order valence-electron chi connectivity index (χ0n) is 15.5. The van der Waals surface area contributed by atoms with Crippen LogP contribution in [0, 0.1) is 0 Å². The number of carbonyl (C=O) groups is 2. The minimum atomic E-state index is -0.706. The van der Waals surface area contributed by atoms with Crippen molar-refractivity contribution in [1.82, 2.24) is 30.8 Å². The van der Waals surface area contributed by atoms with Gasteiger partial charge in [0.1, 0.15) is 10.8 Å². The Hall–Kier alpha value is -3.46. The molecule has 2 heterocycles. The van der Waals surface area contributed by atoms with Crippen LogP contribution in [0.5, 0.6) is 0 Å². The van der Waals surface area contributed by atoms with Gasteiger partial charge in [-0.25, -0.2) is 9.78 Å². The van der Waals surface area contributed by atoms with Crippen molar-refractivity contribution in [2.24, 2.45) is 0 Å². The van der Waals surface area contributed by atoms with Crippen molar-refractivity contribution < 1.29 is 9.59 Å². The zero-order chi connectivity index (χ0) is 20.2. The summed E-state index contributed by atoms with van der Waals surface area (Å²) in [6, 6.07) is 16.4. The van der Waals surface area contributed by atoms with Crippen LogP contribution in [0.4, 0.5) is 4.79 Å². The summed E-state index contributed by atoms with van der Waals surface area (Å²) < 4.78 is 0. The quantitative estimate of drug-likeness (QED) is 0.439. The minimum absolute atomic E-state index is 0.337. The number of para-hydroxylation sites is 1. The molecular weight excluding hydrogens is 388 g/mol. The van der Waals surface area contributed by atoms with E-state index in [1.165, 1.54) is 0 Å². The SMILES string of the molecule is CCNC(=O)NC(=O)[C@H](Sc1nnc2c(n1)[nH]c1ccccc12)c1ccccc1. The molecule has 2 aromatic heterocycles. The van der Waals surface area contributed by atoms with E-state index in [2.05, 4.69) is 30.8 Å². The van der Waals surface area contributed by atoms with Gasteiger partial charge in [0.15, 0.2) is 5.65 Å². The molecule has 0 aliphatic carbocycles. The lowest BCUT2D eigenvalue weighted by atomic mass is 10.1. The first-order chi connectivity index (χ1) is 14.2. The number of aromatic nitrogens is 4. The standard InChI is InChI=1S/C20H18N6O2S/c1-2-21-19(28)24-18(27)16(12-8-4-3-5-9-12)29-20-23-17-15(25-26-20)13-10-6-7-11-14(13)22-17/h3-11,16H,2H2,1H3,(H,22,23,26)(H2,21,24,27,28)/t16-/m1/s1. The highest BCUT2D eigenvalue weighted by atomic mass is 32.2. The predicted octanol–water partition coefficient (Wildman–Crippen LogP) is 3.19. The van der Waals surface area contributed by atoms with E-state index in [0.29, 0.717) is 22.9 Å². The summed E-state index contributed by atoms with van der Waals surface area (Å²) in [5.74, 6) is -0.451. The van der Waals surface area contributed by atoms with Gasteiger partial charge in [-0.1, -0.05) is 60.3 Å². The predicted molar refractivity (Wildman–Crippen MR) is 111 cm³/mol. The Morgan fingerprint density at radius 2 is 1.83 bits per heavy atom. The fraction of sp³-hybridized carbons (Fsp3) is 0.150. The van der Waals surface area contributed by atoms with E-state index >= 15 is 0 Å². The van der Waals surface area contributed by atoms with Gasteiger partial charge < -0.3 is 10.3 Å². The number of hydrogen-bond donors (Lipinski definition) is 3. The number of rotatable bonds is 5. The first-order valence-corrected chi connectivity index (χ1v) is 9.95. The third-order valence-electron chi connectivity index (χ3n) is 4.24. The van der Waals surface area contributed by atoms with Gasteiger partial charge in [0.2, 0.25) is 11.1 Å². The molecule has 9 heteroatoms.